The summed E-state index contributed by atoms with van der Waals surface area (Å²) in [6, 6.07) is 19.6. The van der Waals surface area contributed by atoms with Crippen LogP contribution in [0.5, 0.6) is 5.75 Å². The predicted molar refractivity (Wildman–Crippen MR) is 116 cm³/mol. The Balaban J connectivity index is 2.20. The van der Waals surface area contributed by atoms with Crippen LogP contribution in [0.25, 0.3) is 0 Å². The van der Waals surface area contributed by atoms with Crippen LogP contribution in [0.4, 0.5) is 5.69 Å². The first-order chi connectivity index (χ1) is 14.4. The van der Waals surface area contributed by atoms with Gasteiger partial charge in [0.2, 0.25) is 0 Å². The van der Waals surface area contributed by atoms with Gasteiger partial charge in [0.25, 0.3) is 10.0 Å². The molecule has 6 nitrogen and oxygen atoms in total. The van der Waals surface area contributed by atoms with E-state index in [-0.39, 0.29) is 27.7 Å². The Kier molecular flexibility index (Phi) is 6.64. The highest BCUT2D eigenvalue weighted by Gasteiger charge is 2.31. The molecule has 0 amide bonds. The zero-order valence-corrected chi connectivity index (χ0v) is 18.0. The number of benzene rings is 3. The molecule has 8 heteroatoms. The van der Waals surface area contributed by atoms with Crippen molar-refractivity contribution in [3.8, 4) is 5.75 Å². The highest BCUT2D eigenvalue weighted by Crippen LogP contribution is 2.36. The van der Waals surface area contributed by atoms with Crippen molar-refractivity contribution in [2.45, 2.75) is 11.4 Å². The third-order valence-electron chi connectivity index (χ3n) is 4.46. The SMILES string of the molecule is COC(=O)c1cccc(Cl)c1N(Cc1ccccc1)S(=O)(=O)c1ccc(OC)cc1. The summed E-state index contributed by atoms with van der Waals surface area (Å²) in [5.74, 6) is -0.160. The number of esters is 1. The number of hydrogen-bond acceptors (Lipinski definition) is 5. The van der Waals surface area contributed by atoms with E-state index < -0.39 is 16.0 Å². The van der Waals surface area contributed by atoms with E-state index in [1.54, 1.807) is 42.5 Å². The molecule has 0 aliphatic heterocycles. The number of hydrogen-bond donors (Lipinski definition) is 0. The van der Waals surface area contributed by atoms with Crippen molar-refractivity contribution in [2.75, 3.05) is 18.5 Å². The lowest BCUT2D eigenvalue weighted by molar-refractivity contribution is 0.0601. The highest BCUT2D eigenvalue weighted by molar-refractivity contribution is 7.92. The van der Waals surface area contributed by atoms with Gasteiger partial charge in [0.15, 0.2) is 0 Å². The molecule has 0 atom stereocenters. The lowest BCUT2D eigenvalue weighted by Gasteiger charge is -2.27. The maximum absolute atomic E-state index is 13.6. The van der Waals surface area contributed by atoms with Crippen LogP contribution in [-0.2, 0) is 21.3 Å². The average Bonchev–Trinajstić information content (AvgIpc) is 2.77. The van der Waals surface area contributed by atoms with E-state index in [9.17, 15) is 13.2 Å². The van der Waals surface area contributed by atoms with Crippen molar-refractivity contribution in [1.29, 1.82) is 0 Å². The summed E-state index contributed by atoms with van der Waals surface area (Å²) in [7, 11) is -1.35. The van der Waals surface area contributed by atoms with Crippen LogP contribution in [0.3, 0.4) is 0 Å². The van der Waals surface area contributed by atoms with Crippen molar-refractivity contribution in [3.63, 3.8) is 0 Å². The fourth-order valence-electron chi connectivity index (χ4n) is 2.95. The van der Waals surface area contributed by atoms with Gasteiger partial charge in [0.1, 0.15) is 5.75 Å². The first-order valence-corrected chi connectivity index (χ1v) is 10.8. The Morgan fingerprint density at radius 1 is 0.933 bits per heavy atom. The third-order valence-corrected chi connectivity index (χ3v) is 6.52. The molecule has 0 aliphatic rings. The second kappa shape index (κ2) is 9.19. The van der Waals surface area contributed by atoms with Crippen LogP contribution >= 0.6 is 11.6 Å². The zero-order chi connectivity index (χ0) is 21.7. The molecule has 0 N–H and O–H groups in total. The van der Waals surface area contributed by atoms with Crippen molar-refractivity contribution >= 4 is 33.3 Å². The van der Waals surface area contributed by atoms with E-state index in [4.69, 9.17) is 21.1 Å². The fourth-order valence-corrected chi connectivity index (χ4v) is 4.77. The number of para-hydroxylation sites is 1. The van der Waals surface area contributed by atoms with Gasteiger partial charge in [-0.15, -0.1) is 0 Å². The van der Waals surface area contributed by atoms with E-state index >= 15 is 0 Å². The second-order valence-corrected chi connectivity index (χ2v) is 8.57. The minimum atomic E-state index is -4.08. The number of methoxy groups -OCH3 is 2. The van der Waals surface area contributed by atoms with Crippen molar-refractivity contribution < 1.29 is 22.7 Å². The monoisotopic (exact) mass is 445 g/mol. The molecule has 0 aromatic heterocycles. The average molecular weight is 446 g/mol. The van der Waals surface area contributed by atoms with E-state index in [2.05, 4.69) is 0 Å². The maximum atomic E-state index is 13.6. The lowest BCUT2D eigenvalue weighted by atomic mass is 10.1. The molecule has 0 heterocycles. The molecule has 30 heavy (non-hydrogen) atoms. The van der Waals surface area contributed by atoms with Gasteiger partial charge in [-0.2, -0.15) is 0 Å². The fraction of sp³-hybridized carbons (Fsp3) is 0.136. The number of nitrogens with zero attached hydrogens (tertiary/aromatic N) is 1. The number of ether oxygens (including phenoxy) is 2. The summed E-state index contributed by atoms with van der Waals surface area (Å²) in [5.41, 5.74) is 0.842. The topological polar surface area (TPSA) is 72.9 Å². The Morgan fingerprint density at radius 3 is 2.20 bits per heavy atom. The van der Waals surface area contributed by atoms with Crippen LogP contribution in [0.15, 0.2) is 77.7 Å². The van der Waals surface area contributed by atoms with Crippen LogP contribution in [0.1, 0.15) is 15.9 Å². The van der Waals surface area contributed by atoms with Gasteiger partial charge in [0, 0.05) is 0 Å². The second-order valence-electron chi connectivity index (χ2n) is 6.30. The molecule has 3 aromatic rings. The predicted octanol–water partition coefficient (Wildman–Crippen LogP) is 4.53. The standard InChI is InChI=1S/C22H20ClNO5S/c1-28-17-11-13-18(14-12-17)30(26,27)24(15-16-7-4-3-5-8-16)21-19(22(25)29-2)9-6-10-20(21)23/h3-14H,15H2,1-2H3. The molecule has 0 radical (unpaired) electrons. The van der Waals surface area contributed by atoms with Gasteiger partial charge in [-0.25, -0.2) is 13.2 Å². The van der Waals surface area contributed by atoms with Crippen LogP contribution in [-0.4, -0.2) is 28.6 Å². The minimum absolute atomic E-state index is 0.0249. The van der Waals surface area contributed by atoms with Crippen LogP contribution < -0.4 is 9.04 Å². The summed E-state index contributed by atoms with van der Waals surface area (Å²) in [6.07, 6.45) is 0. The summed E-state index contributed by atoms with van der Waals surface area (Å²) in [4.78, 5) is 12.4. The largest absolute Gasteiger partial charge is 0.497 e. The number of sulfonamides is 1. The first kappa shape index (κ1) is 21.7. The molecule has 0 spiro atoms. The molecule has 0 unspecified atom stereocenters. The van der Waals surface area contributed by atoms with Gasteiger partial charge >= 0.3 is 5.97 Å². The van der Waals surface area contributed by atoms with Gasteiger partial charge < -0.3 is 9.47 Å². The van der Waals surface area contributed by atoms with Gasteiger partial charge in [-0.3, -0.25) is 4.31 Å². The molecule has 0 aliphatic carbocycles. The molecular formula is C22H20ClNO5S. The highest BCUT2D eigenvalue weighted by atomic mass is 35.5. The molecule has 156 valence electrons. The van der Waals surface area contributed by atoms with E-state index in [1.165, 1.54) is 38.5 Å². The zero-order valence-electron chi connectivity index (χ0n) is 16.4. The Labute approximate surface area is 180 Å². The van der Waals surface area contributed by atoms with Crippen LogP contribution in [0.2, 0.25) is 5.02 Å². The number of carbonyl (C=O) groups is 1. The normalized spacial score (nSPS) is 11.0. The smallest absolute Gasteiger partial charge is 0.340 e. The summed E-state index contributed by atoms with van der Waals surface area (Å²) in [6.45, 7) is -0.0249. The number of carbonyl (C=O) groups excluding carboxylic acids is 1. The van der Waals surface area contributed by atoms with Gasteiger partial charge in [-0.1, -0.05) is 48.0 Å². The molecule has 3 aromatic carbocycles. The Bertz CT molecular complexity index is 1130. The quantitative estimate of drug-likeness (QED) is 0.499. The van der Waals surface area contributed by atoms with Gasteiger partial charge in [-0.05, 0) is 42.0 Å². The molecule has 3 rings (SSSR count). The number of anilines is 1. The summed E-state index contributed by atoms with van der Waals surface area (Å²) in [5, 5.41) is 0.117. The minimum Gasteiger partial charge on any atom is -0.497 e. The molecule has 0 saturated heterocycles. The number of halogens is 1. The van der Waals surface area contributed by atoms with E-state index in [0.717, 1.165) is 9.87 Å². The molecule has 0 bridgehead atoms. The number of rotatable bonds is 7. The lowest BCUT2D eigenvalue weighted by Crippen LogP contribution is -2.32. The van der Waals surface area contributed by atoms with Crippen molar-refractivity contribution in [2.24, 2.45) is 0 Å². The van der Waals surface area contributed by atoms with Gasteiger partial charge in [0.05, 0.1) is 41.9 Å². The summed E-state index contributed by atoms with van der Waals surface area (Å²) >= 11 is 6.40. The molecule has 0 fully saturated rings. The van der Waals surface area contributed by atoms with Crippen molar-refractivity contribution in [3.05, 3.63) is 88.9 Å². The Hall–Kier alpha value is -3.03. The van der Waals surface area contributed by atoms with Crippen molar-refractivity contribution in [1.82, 2.24) is 0 Å². The molecular weight excluding hydrogens is 426 g/mol. The van der Waals surface area contributed by atoms with Crippen LogP contribution in [0, 0.1) is 0 Å². The Morgan fingerprint density at radius 2 is 1.60 bits per heavy atom. The summed E-state index contributed by atoms with van der Waals surface area (Å²) < 4.78 is 38.3. The molecule has 0 saturated carbocycles. The van der Waals surface area contributed by atoms with E-state index in [1.807, 2.05) is 6.07 Å². The maximum Gasteiger partial charge on any atom is 0.340 e. The first-order valence-electron chi connectivity index (χ1n) is 8.96. The third kappa shape index (κ3) is 4.42. The van der Waals surface area contributed by atoms with E-state index in [0.29, 0.717) is 5.75 Å².